The largest absolute Gasteiger partial charge is 0.508 e. The number of carbonyl (C=O) groups excluding carboxylic acids is 2. The second kappa shape index (κ2) is 5.26. The van der Waals surface area contributed by atoms with Gasteiger partial charge in [0.2, 0.25) is 5.96 Å². The van der Waals surface area contributed by atoms with Gasteiger partial charge in [-0.15, -0.1) is 0 Å². The molecule has 0 aliphatic carbocycles. The molecule has 1 fully saturated rings. The number of carbonyl (C=O) groups is 2. The van der Waals surface area contributed by atoms with Crippen molar-refractivity contribution in [2.75, 3.05) is 19.1 Å². The summed E-state index contributed by atoms with van der Waals surface area (Å²) in [6.45, 7) is 3.70. The van der Waals surface area contributed by atoms with Crippen LogP contribution in [0, 0.1) is 12.8 Å². The van der Waals surface area contributed by atoms with Crippen LogP contribution in [-0.4, -0.2) is 46.9 Å². The monoisotopic (exact) mass is 316 g/mol. The molecular formula is C16H20N4O3. The number of rotatable bonds is 2. The van der Waals surface area contributed by atoms with Crippen LogP contribution in [0.25, 0.3) is 0 Å². The van der Waals surface area contributed by atoms with Crippen LogP contribution in [0.2, 0.25) is 0 Å². The molecule has 7 heteroatoms. The maximum absolute atomic E-state index is 12.8. The van der Waals surface area contributed by atoms with Crippen molar-refractivity contribution in [2.24, 2.45) is 10.9 Å². The number of phenolic OH excluding ortho intramolecular Hbond substituents is 1. The molecule has 7 nitrogen and oxygen atoms in total. The summed E-state index contributed by atoms with van der Waals surface area (Å²) in [6.07, 6.45) is 1.26. The molecule has 2 heterocycles. The van der Waals surface area contributed by atoms with Crippen molar-refractivity contribution in [1.82, 2.24) is 9.91 Å². The van der Waals surface area contributed by atoms with Gasteiger partial charge in [0.1, 0.15) is 11.7 Å². The number of hydrazine groups is 1. The second-order valence-electron chi connectivity index (χ2n) is 6.07. The molecule has 2 aliphatic heterocycles. The number of amides is 2. The predicted molar refractivity (Wildman–Crippen MR) is 86.4 cm³/mol. The van der Waals surface area contributed by atoms with Crippen molar-refractivity contribution < 1.29 is 14.7 Å². The van der Waals surface area contributed by atoms with E-state index in [1.807, 2.05) is 6.92 Å². The summed E-state index contributed by atoms with van der Waals surface area (Å²) in [5.41, 5.74) is 1.64. The number of aromatic hydroxyl groups is 1. The fraction of sp³-hybridized carbons (Fsp3) is 0.438. The zero-order valence-corrected chi connectivity index (χ0v) is 13.7. The van der Waals surface area contributed by atoms with E-state index in [9.17, 15) is 14.7 Å². The summed E-state index contributed by atoms with van der Waals surface area (Å²) in [7, 11) is 3.53. The smallest absolute Gasteiger partial charge is 0.261 e. The molecule has 0 aromatic heterocycles. The van der Waals surface area contributed by atoms with Gasteiger partial charge in [-0.2, -0.15) is 5.01 Å². The molecule has 1 N–H and O–H groups in total. The normalized spacial score (nSPS) is 19.7. The van der Waals surface area contributed by atoms with E-state index < -0.39 is 5.92 Å². The zero-order chi connectivity index (χ0) is 16.9. The number of anilines is 1. The van der Waals surface area contributed by atoms with Gasteiger partial charge < -0.3 is 10.0 Å². The molecule has 122 valence electrons. The van der Waals surface area contributed by atoms with Crippen LogP contribution in [0.3, 0.4) is 0 Å². The molecule has 0 saturated carbocycles. The Hall–Kier alpha value is -2.57. The first-order valence-corrected chi connectivity index (χ1v) is 7.64. The zero-order valence-electron chi connectivity index (χ0n) is 13.7. The lowest BCUT2D eigenvalue weighted by atomic mass is 10.0. The Morgan fingerprint density at radius 1 is 1.22 bits per heavy atom. The van der Waals surface area contributed by atoms with E-state index in [0.29, 0.717) is 29.3 Å². The fourth-order valence-electron chi connectivity index (χ4n) is 2.92. The molecule has 2 aliphatic rings. The molecule has 1 aromatic rings. The number of hydrogen-bond donors (Lipinski definition) is 1. The highest BCUT2D eigenvalue weighted by molar-refractivity contribution is 6.22. The first kappa shape index (κ1) is 15.3. The lowest BCUT2D eigenvalue weighted by Gasteiger charge is -2.35. The van der Waals surface area contributed by atoms with Crippen molar-refractivity contribution in [3.05, 3.63) is 17.7 Å². The number of hydrogen-bond acceptors (Lipinski definition) is 5. The molecule has 1 unspecified atom stereocenters. The molecule has 3 rings (SSSR count). The Balaban J connectivity index is 2.20. The van der Waals surface area contributed by atoms with Crippen LogP contribution in [0.1, 0.15) is 25.3 Å². The Labute approximate surface area is 134 Å². The average Bonchev–Trinajstić information content (AvgIpc) is 2.74. The van der Waals surface area contributed by atoms with Gasteiger partial charge in [-0.05, 0) is 25.0 Å². The molecule has 1 aromatic carbocycles. The number of guanidine groups is 1. The summed E-state index contributed by atoms with van der Waals surface area (Å²) < 4.78 is 0. The van der Waals surface area contributed by atoms with Crippen molar-refractivity contribution >= 4 is 29.1 Å². The average molecular weight is 316 g/mol. The molecule has 0 spiro atoms. The summed E-state index contributed by atoms with van der Waals surface area (Å²) >= 11 is 0. The highest BCUT2D eigenvalue weighted by atomic mass is 16.3. The van der Waals surface area contributed by atoms with Gasteiger partial charge in [-0.3, -0.25) is 9.59 Å². The minimum Gasteiger partial charge on any atom is -0.508 e. The van der Waals surface area contributed by atoms with E-state index in [1.54, 1.807) is 32.0 Å². The van der Waals surface area contributed by atoms with Gasteiger partial charge in [0.15, 0.2) is 0 Å². The van der Waals surface area contributed by atoms with E-state index in [1.165, 1.54) is 16.1 Å². The third-order valence-corrected chi connectivity index (χ3v) is 4.12. The molecule has 1 atom stereocenters. The van der Waals surface area contributed by atoms with E-state index in [-0.39, 0.29) is 17.6 Å². The minimum absolute atomic E-state index is 0.113. The highest BCUT2D eigenvalue weighted by Crippen LogP contribution is 2.42. The van der Waals surface area contributed by atoms with Crippen molar-refractivity contribution in [1.29, 1.82) is 0 Å². The number of phenols is 1. The maximum atomic E-state index is 12.8. The Kier molecular flexibility index (Phi) is 3.50. The third-order valence-electron chi connectivity index (χ3n) is 4.12. The van der Waals surface area contributed by atoms with Crippen LogP contribution >= 0.6 is 0 Å². The number of aryl methyl sites for hydroxylation is 1. The first-order valence-electron chi connectivity index (χ1n) is 7.64. The Morgan fingerprint density at radius 2 is 1.87 bits per heavy atom. The molecule has 23 heavy (non-hydrogen) atoms. The molecule has 0 bridgehead atoms. The van der Waals surface area contributed by atoms with Gasteiger partial charge in [0, 0.05) is 20.2 Å². The molecule has 0 radical (unpaired) electrons. The van der Waals surface area contributed by atoms with E-state index in [0.717, 1.165) is 6.42 Å². The predicted octanol–water partition coefficient (Wildman–Crippen LogP) is 1.77. The lowest BCUT2D eigenvalue weighted by molar-refractivity contribution is -0.130. The Bertz CT molecular complexity index is 726. The topological polar surface area (TPSA) is 76.5 Å². The number of aliphatic imine (C=N–C) groups is 1. The maximum Gasteiger partial charge on any atom is 0.261 e. The van der Waals surface area contributed by atoms with Crippen LogP contribution in [-0.2, 0) is 9.59 Å². The summed E-state index contributed by atoms with van der Waals surface area (Å²) in [5, 5.41) is 12.7. The van der Waals surface area contributed by atoms with E-state index in [2.05, 4.69) is 4.99 Å². The molecule has 2 amide bonds. The summed E-state index contributed by atoms with van der Waals surface area (Å²) in [4.78, 5) is 31.7. The lowest BCUT2D eigenvalue weighted by Crippen LogP contribution is -2.52. The standard InChI is InChI=1S/C16H20N4O3/c1-5-6-10-14(22)19-12-7-9(2)13(21)8-11(12)17-16(18(3)4)20(19)15(10)23/h7-8,10,21H,5-6H2,1-4H3. The summed E-state index contributed by atoms with van der Waals surface area (Å²) in [5.74, 6) is -0.678. The van der Waals surface area contributed by atoms with Gasteiger partial charge >= 0.3 is 0 Å². The van der Waals surface area contributed by atoms with E-state index in [4.69, 9.17) is 0 Å². The van der Waals surface area contributed by atoms with Gasteiger partial charge in [-0.25, -0.2) is 10.0 Å². The van der Waals surface area contributed by atoms with Crippen LogP contribution in [0.4, 0.5) is 11.4 Å². The van der Waals surface area contributed by atoms with Crippen molar-refractivity contribution in [3.63, 3.8) is 0 Å². The Morgan fingerprint density at radius 3 is 2.48 bits per heavy atom. The molecule has 1 saturated heterocycles. The number of fused-ring (bicyclic) bond motifs is 3. The van der Waals surface area contributed by atoms with E-state index >= 15 is 0 Å². The van der Waals surface area contributed by atoms with Crippen LogP contribution < -0.4 is 5.01 Å². The quantitative estimate of drug-likeness (QED) is 0.844. The third kappa shape index (κ3) is 2.15. The number of benzene rings is 1. The number of nitrogens with zero attached hydrogens (tertiary/aromatic N) is 4. The molecular weight excluding hydrogens is 296 g/mol. The van der Waals surface area contributed by atoms with Crippen molar-refractivity contribution in [3.8, 4) is 5.75 Å². The summed E-state index contributed by atoms with van der Waals surface area (Å²) in [6, 6.07) is 3.21. The minimum atomic E-state index is -0.676. The van der Waals surface area contributed by atoms with Gasteiger partial charge in [0.25, 0.3) is 11.8 Å². The first-order chi connectivity index (χ1) is 10.9. The van der Waals surface area contributed by atoms with Crippen LogP contribution in [0.15, 0.2) is 17.1 Å². The van der Waals surface area contributed by atoms with Crippen LogP contribution in [0.5, 0.6) is 5.75 Å². The fourth-order valence-corrected chi connectivity index (χ4v) is 2.92. The van der Waals surface area contributed by atoms with Crippen molar-refractivity contribution in [2.45, 2.75) is 26.7 Å². The SMILES string of the molecule is CCCC1C(=O)N2C(N(C)C)=Nc3cc(O)c(C)cc3N2C1=O. The van der Waals surface area contributed by atoms with Gasteiger partial charge in [0.05, 0.1) is 11.4 Å². The highest BCUT2D eigenvalue weighted by Gasteiger charge is 2.50. The second-order valence-corrected chi connectivity index (χ2v) is 6.07. The van der Waals surface area contributed by atoms with Gasteiger partial charge in [-0.1, -0.05) is 13.3 Å².